The average Bonchev–Trinajstić information content (AvgIpc) is 3.28. The van der Waals surface area contributed by atoms with Crippen LogP contribution in [0.1, 0.15) is 278 Å². The van der Waals surface area contributed by atoms with Crippen LogP contribution < -0.4 is 5.32 Å². The fourth-order valence-corrected chi connectivity index (χ4v) is 8.24. The Balaban J connectivity index is 4.66. The largest absolute Gasteiger partial charge is 0.462 e. The highest BCUT2D eigenvalue weighted by Gasteiger charge is 2.24. The molecule has 0 rings (SSSR count). The van der Waals surface area contributed by atoms with Crippen LogP contribution in [0.5, 0.6) is 0 Å². The standard InChI is InChI=1S/C57H105NO5/c1-4-7-10-13-16-19-22-25-27-28-30-31-33-36-39-42-45-48-53(63-57(62)50-47-44-41-38-35-32-29-26-23-20-17-14-11-8-5-2)51-56(61)58-54(52-59)55(60)49-46-43-40-37-34-24-21-18-15-12-9-6-3/h16,19,25,27,30-31,36,39,53-55,59-60H,4-15,17-18,20-24,26,28-29,32-35,37-38,40-52H2,1-3H3,(H,58,61)/b19-16-,27-25-,31-30-,39-36-. The number of ether oxygens (including phenoxy) is 1. The number of hydrogen-bond donors (Lipinski definition) is 3. The molecular formula is C57H105NO5. The molecule has 0 aliphatic heterocycles. The van der Waals surface area contributed by atoms with Crippen molar-refractivity contribution in [3.8, 4) is 0 Å². The van der Waals surface area contributed by atoms with E-state index in [1.807, 2.05) is 0 Å². The van der Waals surface area contributed by atoms with Gasteiger partial charge in [-0.05, 0) is 64.2 Å². The van der Waals surface area contributed by atoms with Gasteiger partial charge in [-0.25, -0.2) is 0 Å². The van der Waals surface area contributed by atoms with Crippen molar-refractivity contribution in [1.82, 2.24) is 5.32 Å². The van der Waals surface area contributed by atoms with E-state index in [9.17, 15) is 19.8 Å². The fourth-order valence-electron chi connectivity index (χ4n) is 8.24. The highest BCUT2D eigenvalue weighted by atomic mass is 16.5. The Labute approximate surface area is 391 Å². The summed E-state index contributed by atoms with van der Waals surface area (Å²) in [4.78, 5) is 26.2. The summed E-state index contributed by atoms with van der Waals surface area (Å²) in [6, 6.07) is -0.717. The van der Waals surface area contributed by atoms with Crippen LogP contribution in [0.4, 0.5) is 0 Å². The van der Waals surface area contributed by atoms with Gasteiger partial charge in [0.1, 0.15) is 6.10 Å². The van der Waals surface area contributed by atoms with Gasteiger partial charge in [0.2, 0.25) is 5.91 Å². The zero-order valence-electron chi connectivity index (χ0n) is 42.0. The first-order valence-electron chi connectivity index (χ1n) is 27.4. The maximum absolute atomic E-state index is 13.2. The Hall–Kier alpha value is -2.18. The molecule has 6 heteroatoms. The molecule has 3 atom stereocenters. The van der Waals surface area contributed by atoms with Gasteiger partial charge in [-0.3, -0.25) is 9.59 Å². The molecule has 3 N–H and O–H groups in total. The maximum atomic E-state index is 13.2. The quantitative estimate of drug-likeness (QED) is 0.0321. The van der Waals surface area contributed by atoms with Gasteiger partial charge in [0.05, 0.1) is 25.2 Å². The Morgan fingerprint density at radius 3 is 1.25 bits per heavy atom. The van der Waals surface area contributed by atoms with Gasteiger partial charge in [0, 0.05) is 6.42 Å². The molecule has 63 heavy (non-hydrogen) atoms. The third-order valence-corrected chi connectivity index (χ3v) is 12.4. The lowest BCUT2D eigenvalue weighted by molar-refractivity contribution is -0.151. The molecule has 0 radical (unpaired) electrons. The lowest BCUT2D eigenvalue weighted by Gasteiger charge is -2.24. The summed E-state index contributed by atoms with van der Waals surface area (Å²) in [5, 5.41) is 23.8. The zero-order valence-corrected chi connectivity index (χ0v) is 42.0. The SMILES string of the molecule is CCCCC/C=C\C/C=C\C/C=C\C/C=C\CCCC(CC(=O)NC(CO)C(O)CCCCCCCCCCCCCC)OC(=O)CCCCCCCCCCCCCCCCC. The molecule has 0 aliphatic carbocycles. The molecule has 6 nitrogen and oxygen atoms in total. The van der Waals surface area contributed by atoms with Crippen LogP contribution in [-0.2, 0) is 14.3 Å². The minimum atomic E-state index is -0.800. The molecule has 1 amide bonds. The number of rotatable bonds is 49. The molecule has 0 aromatic heterocycles. The van der Waals surface area contributed by atoms with Crippen LogP contribution >= 0.6 is 0 Å². The van der Waals surface area contributed by atoms with E-state index in [1.54, 1.807) is 0 Å². The number of esters is 1. The van der Waals surface area contributed by atoms with E-state index in [2.05, 4.69) is 74.7 Å². The monoisotopic (exact) mass is 884 g/mol. The molecule has 0 bridgehead atoms. The molecular weight excluding hydrogens is 779 g/mol. The summed E-state index contributed by atoms with van der Waals surface area (Å²) >= 11 is 0. The fraction of sp³-hybridized carbons (Fsp3) is 0.825. The number of unbranched alkanes of at least 4 members (excludes halogenated alkanes) is 29. The minimum absolute atomic E-state index is 0.0427. The number of carbonyl (C=O) groups excluding carboxylic acids is 2. The highest BCUT2D eigenvalue weighted by molar-refractivity contribution is 5.77. The maximum Gasteiger partial charge on any atom is 0.306 e. The molecule has 3 unspecified atom stereocenters. The van der Waals surface area contributed by atoms with E-state index < -0.39 is 18.2 Å². The summed E-state index contributed by atoms with van der Waals surface area (Å²) in [6.45, 7) is 6.45. The molecule has 368 valence electrons. The van der Waals surface area contributed by atoms with Gasteiger partial charge in [0.25, 0.3) is 0 Å². The van der Waals surface area contributed by atoms with Gasteiger partial charge >= 0.3 is 5.97 Å². The van der Waals surface area contributed by atoms with E-state index in [0.29, 0.717) is 19.3 Å². The number of nitrogens with one attached hydrogen (secondary N) is 1. The van der Waals surface area contributed by atoms with Crippen molar-refractivity contribution < 1.29 is 24.5 Å². The Morgan fingerprint density at radius 2 is 0.825 bits per heavy atom. The second kappa shape index (κ2) is 50.8. The Morgan fingerprint density at radius 1 is 0.460 bits per heavy atom. The predicted octanol–water partition coefficient (Wildman–Crippen LogP) is 16.6. The van der Waals surface area contributed by atoms with Gasteiger partial charge in [-0.1, -0.05) is 249 Å². The van der Waals surface area contributed by atoms with E-state index in [-0.39, 0.29) is 24.9 Å². The molecule has 0 fully saturated rings. The van der Waals surface area contributed by atoms with E-state index in [1.165, 1.54) is 161 Å². The number of amides is 1. The summed E-state index contributed by atoms with van der Waals surface area (Å²) in [7, 11) is 0. The van der Waals surface area contributed by atoms with Gasteiger partial charge in [-0.2, -0.15) is 0 Å². The molecule has 0 saturated carbocycles. The first-order chi connectivity index (χ1) is 31.0. The smallest absolute Gasteiger partial charge is 0.306 e. The van der Waals surface area contributed by atoms with Gasteiger partial charge in [-0.15, -0.1) is 0 Å². The summed E-state index contributed by atoms with van der Waals surface area (Å²) < 4.78 is 5.92. The lowest BCUT2D eigenvalue weighted by Crippen LogP contribution is -2.46. The first kappa shape index (κ1) is 60.8. The van der Waals surface area contributed by atoms with Crippen molar-refractivity contribution in [2.24, 2.45) is 0 Å². The van der Waals surface area contributed by atoms with Crippen LogP contribution in [0, 0.1) is 0 Å². The molecule has 0 aromatic carbocycles. The van der Waals surface area contributed by atoms with Crippen LogP contribution in [0.3, 0.4) is 0 Å². The molecule has 0 heterocycles. The predicted molar refractivity (Wildman–Crippen MR) is 273 cm³/mol. The Kier molecular flexibility index (Phi) is 49.1. The van der Waals surface area contributed by atoms with E-state index >= 15 is 0 Å². The topological polar surface area (TPSA) is 95.9 Å². The molecule has 0 saturated heterocycles. The van der Waals surface area contributed by atoms with Crippen molar-refractivity contribution in [1.29, 1.82) is 0 Å². The van der Waals surface area contributed by atoms with Gasteiger partial charge < -0.3 is 20.3 Å². The van der Waals surface area contributed by atoms with Crippen molar-refractivity contribution in [3.63, 3.8) is 0 Å². The van der Waals surface area contributed by atoms with Crippen molar-refractivity contribution in [2.45, 2.75) is 296 Å². The van der Waals surface area contributed by atoms with Crippen LogP contribution in [0.15, 0.2) is 48.6 Å². The lowest BCUT2D eigenvalue weighted by atomic mass is 10.0. The summed E-state index contributed by atoms with van der Waals surface area (Å²) in [5.74, 6) is -0.517. The van der Waals surface area contributed by atoms with E-state index in [0.717, 1.165) is 70.6 Å². The number of aliphatic hydroxyl groups is 2. The highest BCUT2D eigenvalue weighted by Crippen LogP contribution is 2.18. The Bertz CT molecular complexity index is 1080. The molecule has 0 aromatic rings. The van der Waals surface area contributed by atoms with Crippen molar-refractivity contribution in [2.75, 3.05) is 6.61 Å². The van der Waals surface area contributed by atoms with Gasteiger partial charge in [0.15, 0.2) is 0 Å². The number of hydrogen-bond acceptors (Lipinski definition) is 5. The summed E-state index contributed by atoms with van der Waals surface area (Å²) in [5.41, 5.74) is 0. The van der Waals surface area contributed by atoms with Crippen LogP contribution in [0.2, 0.25) is 0 Å². The summed E-state index contributed by atoms with van der Waals surface area (Å²) in [6.07, 6.45) is 61.7. The van der Waals surface area contributed by atoms with Crippen LogP contribution in [-0.4, -0.2) is 46.9 Å². The number of allylic oxidation sites excluding steroid dienone is 8. The number of aliphatic hydroxyl groups excluding tert-OH is 2. The average molecular weight is 884 g/mol. The molecule has 0 spiro atoms. The first-order valence-corrected chi connectivity index (χ1v) is 27.4. The third-order valence-electron chi connectivity index (χ3n) is 12.4. The van der Waals surface area contributed by atoms with E-state index in [4.69, 9.17) is 4.74 Å². The number of carbonyl (C=O) groups is 2. The third kappa shape index (κ3) is 46.2. The molecule has 0 aliphatic rings. The second-order valence-electron chi connectivity index (χ2n) is 18.6. The zero-order chi connectivity index (χ0) is 45.9. The van der Waals surface area contributed by atoms with Crippen molar-refractivity contribution >= 4 is 11.9 Å². The van der Waals surface area contributed by atoms with Crippen molar-refractivity contribution in [3.05, 3.63) is 48.6 Å². The minimum Gasteiger partial charge on any atom is -0.462 e. The second-order valence-corrected chi connectivity index (χ2v) is 18.6. The normalized spacial score (nSPS) is 13.5. The van der Waals surface area contributed by atoms with Crippen LogP contribution in [0.25, 0.3) is 0 Å².